The summed E-state index contributed by atoms with van der Waals surface area (Å²) >= 11 is 1.66. The molecule has 0 unspecified atom stereocenters. The highest BCUT2D eigenvalue weighted by Crippen LogP contribution is 2.32. The smallest absolute Gasteiger partial charge is 0.189 e. The molecular formula is C23H23N5S. The molecule has 1 N–H and O–H groups in total. The lowest BCUT2D eigenvalue weighted by molar-refractivity contribution is 0.331. The Balaban J connectivity index is 1.37. The summed E-state index contributed by atoms with van der Waals surface area (Å²) < 4.78 is 1.16. The fraction of sp³-hybridized carbons (Fsp3) is 0.261. The summed E-state index contributed by atoms with van der Waals surface area (Å²) in [6.07, 6.45) is 6.35. The first kappa shape index (κ1) is 18.2. The molecule has 1 saturated heterocycles. The number of anilines is 2. The van der Waals surface area contributed by atoms with Crippen molar-refractivity contribution in [1.82, 2.24) is 19.9 Å². The first-order chi connectivity index (χ1) is 14.2. The van der Waals surface area contributed by atoms with Crippen LogP contribution < -0.4 is 5.32 Å². The second-order valence-electron chi connectivity index (χ2n) is 7.55. The van der Waals surface area contributed by atoms with Crippen molar-refractivity contribution < 1.29 is 0 Å². The predicted octanol–water partition coefficient (Wildman–Crippen LogP) is 5.40. The van der Waals surface area contributed by atoms with Gasteiger partial charge in [0.05, 0.1) is 10.2 Å². The maximum Gasteiger partial charge on any atom is 0.189 e. The van der Waals surface area contributed by atoms with Crippen LogP contribution in [0.15, 0.2) is 54.9 Å². The number of nitrogens with zero attached hydrogens (tertiary/aromatic N) is 4. The van der Waals surface area contributed by atoms with E-state index >= 15 is 0 Å². The monoisotopic (exact) mass is 401 g/mol. The highest BCUT2D eigenvalue weighted by atomic mass is 32.1. The molecule has 0 spiro atoms. The first-order valence-corrected chi connectivity index (χ1v) is 10.8. The van der Waals surface area contributed by atoms with Crippen molar-refractivity contribution in [3.63, 3.8) is 0 Å². The lowest BCUT2D eigenvalue weighted by Gasteiger charge is -2.14. The first-order valence-electron chi connectivity index (χ1n) is 10.0. The van der Waals surface area contributed by atoms with Crippen LogP contribution in [0, 0.1) is 6.92 Å². The van der Waals surface area contributed by atoms with Gasteiger partial charge in [0.25, 0.3) is 0 Å². The van der Waals surface area contributed by atoms with E-state index in [-0.39, 0.29) is 0 Å². The van der Waals surface area contributed by atoms with Gasteiger partial charge in [-0.15, -0.1) is 0 Å². The molecule has 4 heterocycles. The summed E-state index contributed by atoms with van der Waals surface area (Å²) in [6.45, 7) is 5.40. The van der Waals surface area contributed by atoms with Crippen molar-refractivity contribution in [3.8, 4) is 11.1 Å². The number of pyridine rings is 2. The number of aryl methyl sites for hydroxylation is 1. The van der Waals surface area contributed by atoms with Crippen LogP contribution in [-0.2, 0) is 6.54 Å². The molecule has 0 aliphatic carbocycles. The van der Waals surface area contributed by atoms with Crippen LogP contribution in [0.4, 0.5) is 10.9 Å². The summed E-state index contributed by atoms with van der Waals surface area (Å²) in [7, 11) is 0. The largest absolute Gasteiger partial charge is 0.316 e. The fourth-order valence-electron chi connectivity index (χ4n) is 3.83. The Labute approximate surface area is 174 Å². The molecule has 5 rings (SSSR count). The minimum atomic E-state index is 0.853. The Kier molecular flexibility index (Phi) is 4.96. The van der Waals surface area contributed by atoms with Crippen molar-refractivity contribution in [2.75, 3.05) is 18.4 Å². The molecule has 0 bridgehead atoms. The van der Waals surface area contributed by atoms with Crippen LogP contribution in [-0.4, -0.2) is 32.9 Å². The lowest BCUT2D eigenvalue weighted by Crippen LogP contribution is -2.18. The van der Waals surface area contributed by atoms with Crippen molar-refractivity contribution >= 4 is 32.5 Å². The number of hydrogen-bond donors (Lipinski definition) is 1. The quantitative estimate of drug-likeness (QED) is 0.485. The van der Waals surface area contributed by atoms with Gasteiger partial charge >= 0.3 is 0 Å². The topological polar surface area (TPSA) is 53.9 Å². The van der Waals surface area contributed by atoms with Crippen LogP contribution in [0.3, 0.4) is 0 Å². The summed E-state index contributed by atoms with van der Waals surface area (Å²) in [6, 6.07) is 14.8. The third kappa shape index (κ3) is 4.13. The molecule has 146 valence electrons. The fourth-order valence-corrected chi connectivity index (χ4v) is 4.74. The minimum absolute atomic E-state index is 0.853. The molecule has 3 aromatic heterocycles. The standard InChI is InChI=1S/C23H23N5S/c1-16-12-19(7-9-24-16)18-4-5-20-21(14-18)29-23(26-20)27-22-13-17(6-8-25-22)15-28-10-2-3-11-28/h4-9,12-14H,2-3,10-11,15H2,1H3,(H,25,26,27). The van der Waals surface area contributed by atoms with E-state index in [0.717, 1.165) is 33.4 Å². The predicted molar refractivity (Wildman–Crippen MR) is 120 cm³/mol. The van der Waals surface area contributed by atoms with Crippen molar-refractivity contribution in [1.29, 1.82) is 0 Å². The highest BCUT2D eigenvalue weighted by Gasteiger charge is 2.12. The zero-order valence-corrected chi connectivity index (χ0v) is 17.2. The molecular weight excluding hydrogens is 378 g/mol. The lowest BCUT2D eigenvalue weighted by atomic mass is 10.1. The second-order valence-corrected chi connectivity index (χ2v) is 8.58. The number of benzene rings is 1. The summed E-state index contributed by atoms with van der Waals surface area (Å²) in [5.41, 5.74) is 5.68. The Morgan fingerprint density at radius 3 is 2.66 bits per heavy atom. The number of aromatic nitrogens is 3. The third-order valence-electron chi connectivity index (χ3n) is 5.28. The Morgan fingerprint density at radius 2 is 1.79 bits per heavy atom. The molecule has 0 atom stereocenters. The van der Waals surface area contributed by atoms with Crippen LogP contribution >= 0.6 is 11.3 Å². The Morgan fingerprint density at radius 1 is 0.966 bits per heavy atom. The zero-order chi connectivity index (χ0) is 19.6. The Hall–Kier alpha value is -2.83. The van der Waals surface area contributed by atoms with Gasteiger partial charge in [0.2, 0.25) is 0 Å². The average molecular weight is 402 g/mol. The molecule has 4 aromatic rings. The molecule has 1 fully saturated rings. The van der Waals surface area contributed by atoms with Gasteiger partial charge < -0.3 is 5.32 Å². The summed E-state index contributed by atoms with van der Waals surface area (Å²) in [5.74, 6) is 0.853. The summed E-state index contributed by atoms with van der Waals surface area (Å²) in [5, 5.41) is 4.26. The van der Waals surface area contributed by atoms with Crippen molar-refractivity contribution in [2.45, 2.75) is 26.3 Å². The van der Waals surface area contributed by atoms with E-state index in [9.17, 15) is 0 Å². The van der Waals surface area contributed by atoms with E-state index in [4.69, 9.17) is 4.98 Å². The highest BCUT2D eigenvalue weighted by molar-refractivity contribution is 7.22. The molecule has 29 heavy (non-hydrogen) atoms. The van der Waals surface area contributed by atoms with Crippen molar-refractivity contribution in [3.05, 3.63) is 66.1 Å². The van der Waals surface area contributed by atoms with Gasteiger partial charge in [-0.1, -0.05) is 17.4 Å². The van der Waals surface area contributed by atoms with E-state index in [1.807, 2.05) is 25.4 Å². The van der Waals surface area contributed by atoms with E-state index in [1.54, 1.807) is 11.3 Å². The average Bonchev–Trinajstić information content (AvgIpc) is 3.37. The van der Waals surface area contributed by atoms with Crippen LogP contribution in [0.25, 0.3) is 21.3 Å². The molecule has 1 aliphatic rings. The van der Waals surface area contributed by atoms with Crippen molar-refractivity contribution in [2.24, 2.45) is 0 Å². The molecule has 5 nitrogen and oxygen atoms in total. The van der Waals surface area contributed by atoms with E-state index < -0.39 is 0 Å². The number of rotatable bonds is 5. The van der Waals surface area contributed by atoms with Crippen LogP contribution in [0.5, 0.6) is 0 Å². The Bertz CT molecular complexity index is 1150. The number of nitrogens with one attached hydrogen (secondary N) is 1. The molecule has 0 radical (unpaired) electrons. The molecule has 0 saturated carbocycles. The third-order valence-corrected chi connectivity index (χ3v) is 6.22. The van der Waals surface area contributed by atoms with Gasteiger partial charge in [-0.2, -0.15) is 0 Å². The second kappa shape index (κ2) is 7.89. The zero-order valence-electron chi connectivity index (χ0n) is 16.4. The van der Waals surface area contributed by atoms with Gasteiger partial charge in [0.1, 0.15) is 5.82 Å². The number of likely N-dealkylation sites (tertiary alicyclic amines) is 1. The molecule has 1 aromatic carbocycles. The maximum absolute atomic E-state index is 4.74. The SMILES string of the molecule is Cc1cc(-c2ccc3nc(Nc4cc(CN5CCCC5)ccn4)sc3c2)ccn1. The molecule has 6 heteroatoms. The normalized spacial score (nSPS) is 14.5. The van der Waals surface area contributed by atoms with Gasteiger partial charge in [-0.25, -0.2) is 9.97 Å². The minimum Gasteiger partial charge on any atom is -0.316 e. The van der Waals surface area contributed by atoms with Crippen LogP contribution in [0.2, 0.25) is 0 Å². The van der Waals surface area contributed by atoms with Gasteiger partial charge in [0, 0.05) is 24.6 Å². The van der Waals surface area contributed by atoms with Crippen LogP contribution in [0.1, 0.15) is 24.1 Å². The number of fused-ring (bicyclic) bond motifs is 1. The number of thiazole rings is 1. The summed E-state index contributed by atoms with van der Waals surface area (Å²) in [4.78, 5) is 16.0. The van der Waals surface area contributed by atoms with Gasteiger partial charge in [-0.3, -0.25) is 9.88 Å². The molecule has 0 amide bonds. The van der Waals surface area contributed by atoms with E-state index in [1.165, 1.54) is 42.6 Å². The van der Waals surface area contributed by atoms with E-state index in [2.05, 4.69) is 56.6 Å². The van der Waals surface area contributed by atoms with Gasteiger partial charge in [0.15, 0.2) is 5.13 Å². The van der Waals surface area contributed by atoms with E-state index in [0.29, 0.717) is 0 Å². The molecule has 1 aliphatic heterocycles. The number of hydrogen-bond acceptors (Lipinski definition) is 6. The maximum atomic E-state index is 4.74. The van der Waals surface area contributed by atoms with Gasteiger partial charge in [-0.05, 0) is 85.9 Å².